The largest absolute Gasteiger partial charge is 0.392 e. The normalized spacial score (nSPS) is 22.6. The van der Waals surface area contributed by atoms with Crippen LogP contribution in [0.15, 0.2) is 29.3 Å². The fourth-order valence-electron chi connectivity index (χ4n) is 3.73. The van der Waals surface area contributed by atoms with E-state index in [0.29, 0.717) is 18.5 Å². The van der Waals surface area contributed by atoms with Crippen molar-refractivity contribution in [2.45, 2.75) is 63.8 Å². The molecule has 6 heteroatoms. The van der Waals surface area contributed by atoms with Crippen molar-refractivity contribution in [1.82, 2.24) is 10.2 Å². The van der Waals surface area contributed by atoms with Crippen LogP contribution in [0.3, 0.4) is 0 Å². The van der Waals surface area contributed by atoms with Crippen LogP contribution in [0.25, 0.3) is 0 Å². The first kappa shape index (κ1) is 20.5. The number of halogens is 1. The van der Waals surface area contributed by atoms with Gasteiger partial charge in [0.1, 0.15) is 0 Å². The Hall–Kier alpha value is -0.860. The highest BCUT2D eigenvalue weighted by molar-refractivity contribution is 14.0. The molecule has 1 saturated heterocycles. The standard InChI is InChI=1S/C19H30N4O.HI/c20-19(22-17-8-2-1-3-9-17)21-12-15-6-4-5-7-16(15)13-23-11-10-18(24)14-23;/h4-7,17-18,24H,1-3,8-14H2,(H3,20,21,22);1H. The molecule has 1 heterocycles. The maximum atomic E-state index is 9.69. The Morgan fingerprint density at radius 3 is 2.56 bits per heavy atom. The van der Waals surface area contributed by atoms with E-state index in [9.17, 15) is 5.11 Å². The molecule has 0 radical (unpaired) electrons. The van der Waals surface area contributed by atoms with Gasteiger partial charge in [-0.25, -0.2) is 4.99 Å². The molecule has 5 nitrogen and oxygen atoms in total. The molecule has 1 atom stereocenters. The monoisotopic (exact) mass is 458 g/mol. The number of nitrogens with zero attached hydrogens (tertiary/aromatic N) is 2. The predicted octanol–water partition coefficient (Wildman–Crippen LogP) is 2.61. The van der Waals surface area contributed by atoms with E-state index in [1.54, 1.807) is 0 Å². The highest BCUT2D eigenvalue weighted by Crippen LogP contribution is 2.18. The number of aliphatic imine (C=N–C) groups is 1. The third-order valence-corrected chi connectivity index (χ3v) is 5.14. The van der Waals surface area contributed by atoms with Gasteiger partial charge < -0.3 is 16.2 Å². The predicted molar refractivity (Wildman–Crippen MR) is 113 cm³/mol. The number of aliphatic hydroxyl groups is 1. The topological polar surface area (TPSA) is 73.9 Å². The van der Waals surface area contributed by atoms with Gasteiger partial charge in [0, 0.05) is 25.7 Å². The van der Waals surface area contributed by atoms with Crippen molar-refractivity contribution in [3.8, 4) is 0 Å². The highest BCUT2D eigenvalue weighted by atomic mass is 127. The summed E-state index contributed by atoms with van der Waals surface area (Å²) in [6.07, 6.45) is 7.01. The van der Waals surface area contributed by atoms with Crippen LogP contribution in [-0.4, -0.2) is 41.2 Å². The second kappa shape index (κ2) is 10.3. The summed E-state index contributed by atoms with van der Waals surface area (Å²) < 4.78 is 0. The van der Waals surface area contributed by atoms with Crippen molar-refractivity contribution in [3.05, 3.63) is 35.4 Å². The van der Waals surface area contributed by atoms with Crippen LogP contribution in [-0.2, 0) is 13.1 Å². The number of rotatable bonds is 5. The minimum absolute atomic E-state index is 0. The number of hydrogen-bond acceptors (Lipinski definition) is 3. The average molecular weight is 458 g/mol. The van der Waals surface area contributed by atoms with Crippen LogP contribution < -0.4 is 11.1 Å². The quantitative estimate of drug-likeness (QED) is 0.361. The fraction of sp³-hybridized carbons (Fsp3) is 0.632. The van der Waals surface area contributed by atoms with Crippen molar-refractivity contribution in [1.29, 1.82) is 0 Å². The summed E-state index contributed by atoms with van der Waals surface area (Å²) >= 11 is 0. The summed E-state index contributed by atoms with van der Waals surface area (Å²) in [7, 11) is 0. The van der Waals surface area contributed by atoms with Gasteiger partial charge >= 0.3 is 0 Å². The van der Waals surface area contributed by atoms with E-state index in [2.05, 4.69) is 39.5 Å². The zero-order valence-corrected chi connectivity index (χ0v) is 17.2. The summed E-state index contributed by atoms with van der Waals surface area (Å²) in [4.78, 5) is 6.86. The first-order chi connectivity index (χ1) is 11.7. The second-order valence-corrected chi connectivity index (χ2v) is 7.13. The maximum Gasteiger partial charge on any atom is 0.189 e. The van der Waals surface area contributed by atoms with Gasteiger partial charge in [-0.05, 0) is 30.4 Å². The molecule has 1 aliphatic carbocycles. The SMILES string of the molecule is I.NC(=NCc1ccccc1CN1CCC(O)C1)NC1CCCCC1. The Labute approximate surface area is 168 Å². The summed E-state index contributed by atoms with van der Waals surface area (Å²) in [5, 5.41) is 13.1. The molecule has 3 rings (SSSR count). The van der Waals surface area contributed by atoms with Gasteiger partial charge in [0.15, 0.2) is 5.96 Å². The van der Waals surface area contributed by atoms with Crippen molar-refractivity contribution < 1.29 is 5.11 Å². The van der Waals surface area contributed by atoms with Gasteiger partial charge in [0.05, 0.1) is 12.6 Å². The molecule has 2 fully saturated rings. The Morgan fingerprint density at radius 2 is 1.88 bits per heavy atom. The van der Waals surface area contributed by atoms with Gasteiger partial charge in [0.2, 0.25) is 0 Å². The maximum absolute atomic E-state index is 9.69. The molecular weight excluding hydrogens is 427 g/mol. The summed E-state index contributed by atoms with van der Waals surface area (Å²) in [5.74, 6) is 0.563. The molecule has 1 aliphatic heterocycles. The molecule has 0 amide bonds. The number of nitrogens with one attached hydrogen (secondary N) is 1. The lowest BCUT2D eigenvalue weighted by atomic mass is 9.96. The zero-order chi connectivity index (χ0) is 16.8. The van der Waals surface area contributed by atoms with E-state index >= 15 is 0 Å². The van der Waals surface area contributed by atoms with Crippen molar-refractivity contribution in [3.63, 3.8) is 0 Å². The Bertz CT molecular complexity index is 560. The number of benzene rings is 1. The van der Waals surface area contributed by atoms with Crippen molar-refractivity contribution >= 4 is 29.9 Å². The Morgan fingerprint density at radius 1 is 1.16 bits per heavy atom. The van der Waals surface area contributed by atoms with Gasteiger partial charge in [-0.2, -0.15) is 0 Å². The molecule has 2 aliphatic rings. The number of nitrogens with two attached hydrogens (primary N) is 1. The van der Waals surface area contributed by atoms with Gasteiger partial charge in [0.25, 0.3) is 0 Å². The van der Waals surface area contributed by atoms with Gasteiger partial charge in [-0.15, -0.1) is 24.0 Å². The Kier molecular flexibility index (Phi) is 8.45. The summed E-state index contributed by atoms with van der Waals surface area (Å²) in [5.41, 5.74) is 8.57. The molecule has 25 heavy (non-hydrogen) atoms. The fourth-order valence-corrected chi connectivity index (χ4v) is 3.73. The Balaban J connectivity index is 0.00000225. The minimum Gasteiger partial charge on any atom is -0.392 e. The van der Waals surface area contributed by atoms with E-state index < -0.39 is 0 Å². The van der Waals surface area contributed by atoms with Crippen LogP contribution in [0, 0.1) is 0 Å². The number of aliphatic hydroxyl groups excluding tert-OH is 1. The summed E-state index contributed by atoms with van der Waals surface area (Å²) in [6.45, 7) is 3.21. The molecule has 1 aromatic carbocycles. The molecule has 1 saturated carbocycles. The van der Waals surface area contributed by atoms with Gasteiger partial charge in [-0.1, -0.05) is 43.5 Å². The van der Waals surface area contributed by atoms with E-state index in [1.165, 1.54) is 43.2 Å². The molecule has 4 N–H and O–H groups in total. The molecular formula is C19H31IN4O. The summed E-state index contributed by atoms with van der Waals surface area (Å²) in [6, 6.07) is 8.89. The third-order valence-electron chi connectivity index (χ3n) is 5.14. The number of likely N-dealkylation sites (tertiary alicyclic amines) is 1. The highest BCUT2D eigenvalue weighted by Gasteiger charge is 2.20. The van der Waals surface area contributed by atoms with Crippen LogP contribution >= 0.6 is 24.0 Å². The van der Waals surface area contributed by atoms with E-state index in [0.717, 1.165) is 26.1 Å². The number of β-amino-alcohol motifs (C(OH)–C–C–N with tert-alkyl or cyclic N) is 1. The molecule has 0 aromatic heterocycles. The lowest BCUT2D eigenvalue weighted by Crippen LogP contribution is -2.41. The van der Waals surface area contributed by atoms with Crippen LogP contribution in [0.4, 0.5) is 0 Å². The van der Waals surface area contributed by atoms with E-state index in [4.69, 9.17) is 5.73 Å². The number of guanidine groups is 1. The van der Waals surface area contributed by atoms with Crippen LogP contribution in [0.2, 0.25) is 0 Å². The average Bonchev–Trinajstić information content (AvgIpc) is 3.00. The van der Waals surface area contributed by atoms with E-state index in [-0.39, 0.29) is 30.1 Å². The van der Waals surface area contributed by atoms with Crippen LogP contribution in [0.1, 0.15) is 49.7 Å². The molecule has 0 bridgehead atoms. The lowest BCUT2D eigenvalue weighted by molar-refractivity contribution is 0.174. The lowest BCUT2D eigenvalue weighted by Gasteiger charge is -2.23. The first-order valence-electron chi connectivity index (χ1n) is 9.24. The number of hydrogen-bond donors (Lipinski definition) is 3. The third kappa shape index (κ3) is 6.42. The van der Waals surface area contributed by atoms with Crippen molar-refractivity contribution in [2.24, 2.45) is 10.7 Å². The van der Waals surface area contributed by atoms with E-state index in [1.807, 2.05) is 0 Å². The van der Waals surface area contributed by atoms with Gasteiger partial charge in [-0.3, -0.25) is 4.90 Å². The van der Waals surface area contributed by atoms with Crippen LogP contribution in [0.5, 0.6) is 0 Å². The second-order valence-electron chi connectivity index (χ2n) is 7.13. The molecule has 0 spiro atoms. The smallest absolute Gasteiger partial charge is 0.189 e. The molecule has 1 unspecified atom stereocenters. The minimum atomic E-state index is -0.175. The molecule has 1 aromatic rings. The van der Waals surface area contributed by atoms with Crippen molar-refractivity contribution in [2.75, 3.05) is 13.1 Å². The zero-order valence-electron chi connectivity index (χ0n) is 14.9. The first-order valence-corrected chi connectivity index (χ1v) is 9.24. The molecule has 140 valence electrons.